The third-order valence-corrected chi connectivity index (χ3v) is 4.06. The second-order valence-corrected chi connectivity index (χ2v) is 5.45. The second-order valence-electron chi connectivity index (χ2n) is 5.45. The standard InChI is InChI=1S/C19H19NO4/c1-4-18(21)20-14-6-5-7-16(22-3)19(14)12(2)13-8-9-15-17(10-13)24-11-23-15/h4-10,12H,1,11H2,2-3H3,(H,20,21). The minimum absolute atomic E-state index is 0.0178. The van der Waals surface area contributed by atoms with Crippen LogP contribution in [0.15, 0.2) is 49.1 Å². The van der Waals surface area contributed by atoms with Crippen LogP contribution in [0.1, 0.15) is 24.0 Å². The van der Waals surface area contributed by atoms with Gasteiger partial charge < -0.3 is 19.5 Å². The van der Waals surface area contributed by atoms with Gasteiger partial charge in [-0.1, -0.05) is 25.6 Å². The lowest BCUT2D eigenvalue weighted by atomic mass is 9.90. The van der Waals surface area contributed by atoms with E-state index < -0.39 is 0 Å². The molecule has 1 amide bonds. The van der Waals surface area contributed by atoms with Crippen molar-refractivity contribution in [2.45, 2.75) is 12.8 Å². The van der Waals surface area contributed by atoms with Gasteiger partial charge in [0.1, 0.15) is 5.75 Å². The molecule has 3 rings (SSSR count). The van der Waals surface area contributed by atoms with Gasteiger partial charge in [0.15, 0.2) is 11.5 Å². The SMILES string of the molecule is C=CC(=O)Nc1cccc(OC)c1C(C)c1ccc2c(c1)OCO2. The summed E-state index contributed by atoms with van der Waals surface area (Å²) >= 11 is 0. The average Bonchev–Trinajstić information content (AvgIpc) is 3.08. The van der Waals surface area contributed by atoms with E-state index in [2.05, 4.69) is 18.8 Å². The highest BCUT2D eigenvalue weighted by Crippen LogP contribution is 2.41. The number of ether oxygens (including phenoxy) is 3. The minimum Gasteiger partial charge on any atom is -0.496 e. The molecule has 0 spiro atoms. The number of carbonyl (C=O) groups is 1. The first-order chi connectivity index (χ1) is 11.6. The fraction of sp³-hybridized carbons (Fsp3) is 0.211. The summed E-state index contributed by atoms with van der Waals surface area (Å²) < 4.78 is 16.3. The van der Waals surface area contributed by atoms with Gasteiger partial charge in [-0.25, -0.2) is 0 Å². The molecule has 1 unspecified atom stereocenters. The average molecular weight is 325 g/mol. The van der Waals surface area contributed by atoms with Crippen LogP contribution in [0.4, 0.5) is 5.69 Å². The van der Waals surface area contributed by atoms with E-state index in [1.54, 1.807) is 7.11 Å². The number of nitrogens with one attached hydrogen (secondary N) is 1. The number of hydrogen-bond donors (Lipinski definition) is 1. The number of rotatable bonds is 5. The van der Waals surface area contributed by atoms with Crippen LogP contribution in [-0.4, -0.2) is 19.8 Å². The first-order valence-electron chi connectivity index (χ1n) is 7.64. The Kier molecular flexibility index (Phi) is 4.42. The molecule has 1 N–H and O–H groups in total. The Hall–Kier alpha value is -2.95. The van der Waals surface area contributed by atoms with Crippen LogP contribution < -0.4 is 19.5 Å². The molecule has 24 heavy (non-hydrogen) atoms. The third kappa shape index (κ3) is 2.93. The Bertz CT molecular complexity index is 785. The van der Waals surface area contributed by atoms with Crippen molar-refractivity contribution in [2.24, 2.45) is 0 Å². The van der Waals surface area contributed by atoms with Crippen molar-refractivity contribution in [3.63, 3.8) is 0 Å². The number of amides is 1. The van der Waals surface area contributed by atoms with E-state index in [1.807, 2.05) is 36.4 Å². The van der Waals surface area contributed by atoms with E-state index in [-0.39, 0.29) is 18.6 Å². The van der Waals surface area contributed by atoms with Crippen LogP contribution >= 0.6 is 0 Å². The molecule has 5 heteroatoms. The molecule has 1 aliphatic rings. The molecule has 5 nitrogen and oxygen atoms in total. The predicted octanol–water partition coefficient (Wildman–Crippen LogP) is 3.70. The molecule has 0 aliphatic carbocycles. The van der Waals surface area contributed by atoms with Crippen LogP contribution in [0.2, 0.25) is 0 Å². The zero-order valence-electron chi connectivity index (χ0n) is 13.7. The first kappa shape index (κ1) is 15.9. The normalized spacial score (nSPS) is 13.2. The van der Waals surface area contributed by atoms with Crippen LogP contribution in [-0.2, 0) is 4.79 Å². The number of anilines is 1. The maximum atomic E-state index is 11.7. The zero-order valence-corrected chi connectivity index (χ0v) is 13.7. The van der Waals surface area contributed by atoms with E-state index in [1.165, 1.54) is 6.08 Å². The molecular weight excluding hydrogens is 306 g/mol. The van der Waals surface area contributed by atoms with Gasteiger partial charge in [-0.15, -0.1) is 0 Å². The highest BCUT2D eigenvalue weighted by molar-refractivity contribution is 5.99. The van der Waals surface area contributed by atoms with Crippen molar-refractivity contribution in [1.29, 1.82) is 0 Å². The van der Waals surface area contributed by atoms with Crippen molar-refractivity contribution in [2.75, 3.05) is 19.2 Å². The van der Waals surface area contributed by atoms with Gasteiger partial charge in [-0.05, 0) is 35.9 Å². The molecule has 1 atom stereocenters. The summed E-state index contributed by atoms with van der Waals surface area (Å²) in [6, 6.07) is 11.4. The molecule has 0 saturated carbocycles. The second kappa shape index (κ2) is 6.66. The first-order valence-corrected chi connectivity index (χ1v) is 7.64. The van der Waals surface area contributed by atoms with E-state index >= 15 is 0 Å². The molecule has 2 aromatic rings. The predicted molar refractivity (Wildman–Crippen MR) is 91.9 cm³/mol. The van der Waals surface area contributed by atoms with Gasteiger partial charge in [0.25, 0.3) is 0 Å². The monoisotopic (exact) mass is 325 g/mol. The summed E-state index contributed by atoms with van der Waals surface area (Å²) in [7, 11) is 1.62. The van der Waals surface area contributed by atoms with Crippen molar-refractivity contribution in [3.8, 4) is 17.2 Å². The molecule has 0 bridgehead atoms. The Balaban J connectivity index is 2.03. The lowest BCUT2D eigenvalue weighted by Crippen LogP contribution is -2.12. The van der Waals surface area contributed by atoms with Gasteiger partial charge in [0.2, 0.25) is 12.7 Å². The van der Waals surface area contributed by atoms with Crippen LogP contribution in [0.5, 0.6) is 17.2 Å². The lowest BCUT2D eigenvalue weighted by Gasteiger charge is -2.20. The Labute approximate surface area is 140 Å². The summed E-state index contributed by atoms with van der Waals surface area (Å²) in [5.41, 5.74) is 2.64. The van der Waals surface area contributed by atoms with Crippen LogP contribution in [0.3, 0.4) is 0 Å². The number of benzene rings is 2. The van der Waals surface area contributed by atoms with Crippen molar-refractivity contribution < 1.29 is 19.0 Å². The smallest absolute Gasteiger partial charge is 0.247 e. The quantitative estimate of drug-likeness (QED) is 0.852. The van der Waals surface area contributed by atoms with Gasteiger partial charge in [0, 0.05) is 17.2 Å². The molecule has 0 aromatic heterocycles. The summed E-state index contributed by atoms with van der Waals surface area (Å²) in [6.45, 7) is 5.79. The molecule has 1 heterocycles. The van der Waals surface area contributed by atoms with E-state index in [9.17, 15) is 4.79 Å². The number of hydrogen-bond acceptors (Lipinski definition) is 4. The van der Waals surface area contributed by atoms with E-state index in [0.717, 1.165) is 22.6 Å². The summed E-state index contributed by atoms with van der Waals surface area (Å²) in [6.07, 6.45) is 1.24. The molecule has 1 aliphatic heterocycles. The van der Waals surface area contributed by atoms with Gasteiger partial charge in [-0.2, -0.15) is 0 Å². The molecule has 124 valence electrons. The Morgan fingerprint density at radius 1 is 1.29 bits per heavy atom. The fourth-order valence-corrected chi connectivity index (χ4v) is 2.81. The molecule has 0 radical (unpaired) electrons. The molecule has 0 saturated heterocycles. The van der Waals surface area contributed by atoms with Crippen LogP contribution in [0.25, 0.3) is 0 Å². The maximum absolute atomic E-state index is 11.7. The van der Waals surface area contributed by atoms with Crippen LogP contribution in [0, 0.1) is 0 Å². The maximum Gasteiger partial charge on any atom is 0.247 e. The zero-order chi connectivity index (χ0) is 17.1. The lowest BCUT2D eigenvalue weighted by molar-refractivity contribution is -0.111. The molecule has 0 fully saturated rings. The molecular formula is C19H19NO4. The fourth-order valence-electron chi connectivity index (χ4n) is 2.81. The number of methoxy groups -OCH3 is 1. The van der Waals surface area contributed by atoms with E-state index in [4.69, 9.17) is 14.2 Å². The third-order valence-electron chi connectivity index (χ3n) is 4.06. The highest BCUT2D eigenvalue weighted by atomic mass is 16.7. The Morgan fingerprint density at radius 3 is 2.83 bits per heavy atom. The van der Waals surface area contributed by atoms with Crippen molar-refractivity contribution >= 4 is 11.6 Å². The summed E-state index contributed by atoms with van der Waals surface area (Å²) in [5, 5.41) is 2.84. The minimum atomic E-state index is -0.262. The number of fused-ring (bicyclic) bond motifs is 1. The highest BCUT2D eigenvalue weighted by Gasteiger charge is 2.21. The summed E-state index contributed by atoms with van der Waals surface area (Å²) in [5.74, 6) is 1.90. The van der Waals surface area contributed by atoms with Crippen molar-refractivity contribution in [1.82, 2.24) is 0 Å². The largest absolute Gasteiger partial charge is 0.496 e. The van der Waals surface area contributed by atoms with Gasteiger partial charge in [0.05, 0.1) is 7.11 Å². The number of carbonyl (C=O) groups excluding carboxylic acids is 1. The van der Waals surface area contributed by atoms with Gasteiger partial charge in [-0.3, -0.25) is 4.79 Å². The van der Waals surface area contributed by atoms with Gasteiger partial charge >= 0.3 is 0 Å². The topological polar surface area (TPSA) is 56.8 Å². The molecule has 2 aromatic carbocycles. The Morgan fingerprint density at radius 2 is 2.08 bits per heavy atom. The summed E-state index contributed by atoms with van der Waals surface area (Å²) in [4.78, 5) is 11.7. The van der Waals surface area contributed by atoms with Crippen molar-refractivity contribution in [3.05, 3.63) is 60.2 Å². The van der Waals surface area contributed by atoms with E-state index in [0.29, 0.717) is 11.4 Å².